The second kappa shape index (κ2) is 6.09. The second-order valence-electron chi connectivity index (χ2n) is 5.31. The molecular formula is C16H21N3O. The average Bonchev–Trinajstić information content (AvgIpc) is 2.50. The summed E-state index contributed by atoms with van der Waals surface area (Å²) in [4.78, 5) is 4.35. The SMILES string of the molecule is Nc1cnc2ccccc2c1NCCC1CCCCO1. The number of pyridine rings is 1. The minimum absolute atomic E-state index is 0.394. The van der Waals surface area contributed by atoms with Crippen molar-refractivity contribution in [1.82, 2.24) is 4.98 Å². The zero-order valence-corrected chi connectivity index (χ0v) is 11.6. The van der Waals surface area contributed by atoms with E-state index in [1.165, 1.54) is 19.3 Å². The van der Waals surface area contributed by atoms with Gasteiger partial charge in [-0.25, -0.2) is 0 Å². The Hall–Kier alpha value is -1.81. The highest BCUT2D eigenvalue weighted by molar-refractivity contribution is 5.96. The third-order valence-electron chi connectivity index (χ3n) is 3.85. The van der Waals surface area contributed by atoms with E-state index in [9.17, 15) is 0 Å². The van der Waals surface area contributed by atoms with Crippen molar-refractivity contribution in [3.8, 4) is 0 Å². The lowest BCUT2D eigenvalue weighted by Gasteiger charge is -2.23. The highest BCUT2D eigenvalue weighted by Crippen LogP contribution is 2.27. The van der Waals surface area contributed by atoms with Gasteiger partial charge in [0.2, 0.25) is 0 Å². The molecule has 1 atom stereocenters. The van der Waals surface area contributed by atoms with Crippen LogP contribution in [0.3, 0.4) is 0 Å². The molecule has 0 amide bonds. The van der Waals surface area contributed by atoms with Crippen molar-refractivity contribution >= 4 is 22.3 Å². The van der Waals surface area contributed by atoms with Crippen LogP contribution in [-0.2, 0) is 4.74 Å². The normalized spacial score (nSPS) is 19.1. The molecule has 1 aromatic heterocycles. The van der Waals surface area contributed by atoms with Gasteiger partial charge in [-0.3, -0.25) is 4.98 Å². The number of hydrogen-bond donors (Lipinski definition) is 2. The van der Waals surface area contributed by atoms with Crippen LogP contribution in [0.1, 0.15) is 25.7 Å². The van der Waals surface area contributed by atoms with Crippen molar-refractivity contribution in [2.75, 3.05) is 24.2 Å². The van der Waals surface area contributed by atoms with Crippen molar-refractivity contribution < 1.29 is 4.74 Å². The molecule has 1 unspecified atom stereocenters. The van der Waals surface area contributed by atoms with Gasteiger partial charge in [0.05, 0.1) is 29.2 Å². The van der Waals surface area contributed by atoms with Crippen molar-refractivity contribution in [1.29, 1.82) is 0 Å². The Morgan fingerprint density at radius 1 is 1.30 bits per heavy atom. The minimum atomic E-state index is 0.394. The summed E-state index contributed by atoms with van der Waals surface area (Å²) in [6.45, 7) is 1.79. The first kappa shape index (κ1) is 13.2. The van der Waals surface area contributed by atoms with Gasteiger partial charge < -0.3 is 15.8 Å². The van der Waals surface area contributed by atoms with Crippen molar-refractivity contribution in [3.05, 3.63) is 30.5 Å². The molecule has 0 radical (unpaired) electrons. The largest absolute Gasteiger partial charge is 0.396 e. The van der Waals surface area contributed by atoms with E-state index in [0.29, 0.717) is 11.8 Å². The quantitative estimate of drug-likeness (QED) is 0.896. The maximum absolute atomic E-state index is 6.05. The monoisotopic (exact) mass is 271 g/mol. The fourth-order valence-corrected chi connectivity index (χ4v) is 2.75. The molecule has 20 heavy (non-hydrogen) atoms. The van der Waals surface area contributed by atoms with E-state index in [4.69, 9.17) is 10.5 Å². The summed E-state index contributed by atoms with van der Waals surface area (Å²) in [5, 5.41) is 4.54. The fourth-order valence-electron chi connectivity index (χ4n) is 2.75. The molecule has 106 valence electrons. The summed E-state index contributed by atoms with van der Waals surface area (Å²) in [5.74, 6) is 0. The highest BCUT2D eigenvalue weighted by atomic mass is 16.5. The molecule has 0 bridgehead atoms. The van der Waals surface area contributed by atoms with E-state index in [1.54, 1.807) is 6.20 Å². The molecule has 2 heterocycles. The fraction of sp³-hybridized carbons (Fsp3) is 0.438. The molecule has 4 heteroatoms. The summed E-state index contributed by atoms with van der Waals surface area (Å²) in [7, 11) is 0. The summed E-state index contributed by atoms with van der Waals surface area (Å²) in [6.07, 6.45) is 6.80. The standard InChI is InChI=1S/C16H21N3O/c17-14-11-19-15-7-2-1-6-13(15)16(14)18-9-8-12-5-3-4-10-20-12/h1-2,6-7,11-12H,3-5,8-10,17H2,(H,18,19). The zero-order valence-electron chi connectivity index (χ0n) is 11.6. The lowest BCUT2D eigenvalue weighted by atomic mass is 10.1. The van der Waals surface area contributed by atoms with Crippen LogP contribution in [0.5, 0.6) is 0 Å². The van der Waals surface area contributed by atoms with Gasteiger partial charge >= 0.3 is 0 Å². The molecule has 0 saturated carbocycles. The summed E-state index contributed by atoms with van der Waals surface area (Å²) >= 11 is 0. The molecular weight excluding hydrogens is 250 g/mol. The molecule has 1 aromatic carbocycles. The Bertz CT molecular complexity index is 579. The van der Waals surface area contributed by atoms with Gasteiger partial charge in [-0.1, -0.05) is 18.2 Å². The number of anilines is 2. The first-order valence-electron chi connectivity index (χ1n) is 7.33. The number of para-hydroxylation sites is 1. The molecule has 1 aliphatic heterocycles. The van der Waals surface area contributed by atoms with Gasteiger partial charge in [0.25, 0.3) is 0 Å². The first-order valence-corrected chi connectivity index (χ1v) is 7.33. The van der Waals surface area contributed by atoms with Crippen LogP contribution in [0.2, 0.25) is 0 Å². The first-order chi connectivity index (χ1) is 9.84. The van der Waals surface area contributed by atoms with Crippen LogP contribution in [0.4, 0.5) is 11.4 Å². The second-order valence-corrected chi connectivity index (χ2v) is 5.31. The van der Waals surface area contributed by atoms with E-state index in [-0.39, 0.29) is 0 Å². The van der Waals surface area contributed by atoms with Gasteiger partial charge in [-0.05, 0) is 31.7 Å². The number of nitrogen functional groups attached to an aromatic ring is 1. The van der Waals surface area contributed by atoms with E-state index < -0.39 is 0 Å². The van der Waals surface area contributed by atoms with E-state index >= 15 is 0 Å². The maximum atomic E-state index is 6.05. The number of ether oxygens (including phenoxy) is 1. The molecule has 3 rings (SSSR count). The molecule has 1 fully saturated rings. The maximum Gasteiger partial charge on any atom is 0.0743 e. The molecule has 1 aliphatic rings. The zero-order chi connectivity index (χ0) is 13.8. The van der Waals surface area contributed by atoms with E-state index in [1.807, 2.05) is 18.2 Å². The van der Waals surface area contributed by atoms with Crippen LogP contribution < -0.4 is 11.1 Å². The van der Waals surface area contributed by atoms with Gasteiger partial charge in [0.1, 0.15) is 0 Å². The average molecular weight is 271 g/mol. The van der Waals surface area contributed by atoms with Gasteiger partial charge in [0.15, 0.2) is 0 Å². The third kappa shape index (κ3) is 2.85. The van der Waals surface area contributed by atoms with Gasteiger partial charge in [-0.2, -0.15) is 0 Å². The molecule has 2 aromatic rings. The van der Waals surface area contributed by atoms with Crippen molar-refractivity contribution in [3.63, 3.8) is 0 Å². The third-order valence-corrected chi connectivity index (χ3v) is 3.85. The van der Waals surface area contributed by atoms with Crippen molar-refractivity contribution in [2.24, 2.45) is 0 Å². The van der Waals surface area contributed by atoms with Crippen LogP contribution in [-0.4, -0.2) is 24.2 Å². The lowest BCUT2D eigenvalue weighted by Crippen LogP contribution is -2.22. The van der Waals surface area contributed by atoms with Gasteiger partial charge in [0, 0.05) is 18.5 Å². The molecule has 0 aliphatic carbocycles. The van der Waals surface area contributed by atoms with Crippen LogP contribution >= 0.6 is 0 Å². The molecule has 3 N–H and O–H groups in total. The number of hydrogen-bond acceptors (Lipinski definition) is 4. The van der Waals surface area contributed by atoms with Crippen molar-refractivity contribution in [2.45, 2.75) is 31.8 Å². The molecule has 1 saturated heterocycles. The molecule has 4 nitrogen and oxygen atoms in total. The number of fused-ring (bicyclic) bond motifs is 1. The highest BCUT2D eigenvalue weighted by Gasteiger charge is 2.13. The van der Waals surface area contributed by atoms with E-state index in [2.05, 4.69) is 16.4 Å². The summed E-state index contributed by atoms with van der Waals surface area (Å²) in [6, 6.07) is 8.06. The topological polar surface area (TPSA) is 60.2 Å². The number of benzene rings is 1. The van der Waals surface area contributed by atoms with Crippen LogP contribution in [0, 0.1) is 0 Å². The summed E-state index contributed by atoms with van der Waals surface area (Å²) in [5.41, 5.74) is 8.71. The Kier molecular flexibility index (Phi) is 4.02. The van der Waals surface area contributed by atoms with E-state index in [0.717, 1.165) is 36.2 Å². The number of aromatic nitrogens is 1. The Morgan fingerprint density at radius 2 is 2.20 bits per heavy atom. The summed E-state index contributed by atoms with van der Waals surface area (Å²) < 4.78 is 5.75. The predicted octanol–water partition coefficient (Wildman–Crippen LogP) is 3.19. The number of nitrogens with one attached hydrogen (secondary N) is 1. The number of nitrogens with zero attached hydrogens (tertiary/aromatic N) is 1. The van der Waals surface area contributed by atoms with Crippen LogP contribution in [0.15, 0.2) is 30.5 Å². The minimum Gasteiger partial charge on any atom is -0.396 e. The molecule has 0 spiro atoms. The predicted molar refractivity (Wildman–Crippen MR) is 82.9 cm³/mol. The lowest BCUT2D eigenvalue weighted by molar-refractivity contribution is 0.0134. The van der Waals surface area contributed by atoms with Crippen LogP contribution in [0.25, 0.3) is 10.9 Å². The van der Waals surface area contributed by atoms with Gasteiger partial charge in [-0.15, -0.1) is 0 Å². The number of rotatable bonds is 4. The Balaban J connectivity index is 1.68. The Morgan fingerprint density at radius 3 is 3.05 bits per heavy atom. The number of nitrogens with two attached hydrogens (primary N) is 1. The smallest absolute Gasteiger partial charge is 0.0743 e. The Labute approximate surface area is 119 Å².